The van der Waals surface area contributed by atoms with E-state index >= 15 is 0 Å². The quantitative estimate of drug-likeness (QED) is 0.803. The van der Waals surface area contributed by atoms with Crippen LogP contribution in [-0.2, 0) is 17.8 Å². The molecule has 1 aromatic carbocycles. The van der Waals surface area contributed by atoms with Gasteiger partial charge in [-0.05, 0) is 17.9 Å². The predicted molar refractivity (Wildman–Crippen MR) is 78.9 cm³/mol. The zero-order valence-electron chi connectivity index (χ0n) is 11.3. The number of benzene rings is 1. The van der Waals surface area contributed by atoms with Crippen molar-refractivity contribution in [1.82, 2.24) is 5.32 Å². The van der Waals surface area contributed by atoms with Gasteiger partial charge >= 0.3 is 5.97 Å². The second-order valence-corrected chi connectivity index (χ2v) is 5.13. The first-order chi connectivity index (χ1) is 9.72. The highest BCUT2D eigenvalue weighted by atomic mass is 32.1. The van der Waals surface area contributed by atoms with Gasteiger partial charge in [0.05, 0.1) is 6.61 Å². The number of hydrogen-bond acceptors (Lipinski definition) is 5. The van der Waals surface area contributed by atoms with E-state index in [1.54, 1.807) is 12.3 Å². The second-order valence-electron chi connectivity index (χ2n) is 4.25. The third-order valence-electron chi connectivity index (χ3n) is 2.79. The summed E-state index contributed by atoms with van der Waals surface area (Å²) in [7, 11) is 0. The van der Waals surface area contributed by atoms with Crippen LogP contribution < -0.4 is 5.32 Å². The van der Waals surface area contributed by atoms with Crippen molar-refractivity contribution in [3.8, 4) is 5.75 Å². The van der Waals surface area contributed by atoms with Crippen molar-refractivity contribution in [2.75, 3.05) is 6.61 Å². The van der Waals surface area contributed by atoms with E-state index in [2.05, 4.69) is 5.32 Å². The molecule has 0 saturated heterocycles. The highest BCUT2D eigenvalue weighted by Crippen LogP contribution is 2.30. The summed E-state index contributed by atoms with van der Waals surface area (Å²) < 4.78 is 4.89. The standard InChI is InChI=1S/C15H17NO3S/c1-2-19-15(18)14-13(17)12(10-20-14)9-16-8-11-6-4-3-5-7-11/h3-7,10,16-17H,2,8-9H2,1H3. The van der Waals surface area contributed by atoms with Crippen LogP contribution in [0.15, 0.2) is 35.7 Å². The smallest absolute Gasteiger partial charge is 0.352 e. The molecule has 20 heavy (non-hydrogen) atoms. The average molecular weight is 291 g/mol. The number of carbonyl (C=O) groups is 1. The van der Waals surface area contributed by atoms with Gasteiger partial charge in [0.25, 0.3) is 0 Å². The van der Waals surface area contributed by atoms with Gasteiger partial charge in [0.15, 0.2) is 4.88 Å². The Morgan fingerprint density at radius 2 is 2.05 bits per heavy atom. The van der Waals surface area contributed by atoms with Crippen LogP contribution >= 0.6 is 11.3 Å². The van der Waals surface area contributed by atoms with E-state index in [4.69, 9.17) is 4.74 Å². The lowest BCUT2D eigenvalue weighted by molar-refractivity contribution is 0.0529. The van der Waals surface area contributed by atoms with Crippen molar-refractivity contribution in [3.63, 3.8) is 0 Å². The lowest BCUT2D eigenvalue weighted by Gasteiger charge is -2.04. The Labute approximate surface area is 122 Å². The van der Waals surface area contributed by atoms with Crippen LogP contribution in [0.1, 0.15) is 27.7 Å². The number of esters is 1. The van der Waals surface area contributed by atoms with Crippen molar-refractivity contribution in [1.29, 1.82) is 0 Å². The fourth-order valence-electron chi connectivity index (χ4n) is 1.79. The number of ether oxygens (including phenoxy) is 1. The first-order valence-electron chi connectivity index (χ1n) is 6.43. The average Bonchev–Trinajstić information content (AvgIpc) is 2.82. The first-order valence-corrected chi connectivity index (χ1v) is 7.31. The van der Waals surface area contributed by atoms with E-state index in [-0.39, 0.29) is 10.6 Å². The topological polar surface area (TPSA) is 58.6 Å². The summed E-state index contributed by atoms with van der Waals surface area (Å²) in [6.45, 7) is 3.27. The molecule has 0 radical (unpaired) electrons. The molecule has 0 amide bonds. The summed E-state index contributed by atoms with van der Waals surface area (Å²) in [6.07, 6.45) is 0. The molecule has 0 aliphatic rings. The minimum atomic E-state index is -0.468. The Hall–Kier alpha value is -1.85. The Morgan fingerprint density at radius 1 is 1.30 bits per heavy atom. The molecular formula is C15H17NO3S. The third kappa shape index (κ3) is 3.59. The van der Waals surface area contributed by atoms with Gasteiger partial charge in [0, 0.05) is 18.7 Å². The molecule has 1 heterocycles. The lowest BCUT2D eigenvalue weighted by atomic mass is 10.2. The van der Waals surface area contributed by atoms with Crippen LogP contribution in [0.2, 0.25) is 0 Å². The van der Waals surface area contributed by atoms with E-state index in [0.717, 1.165) is 0 Å². The molecule has 2 N–H and O–H groups in total. The molecule has 0 saturated carbocycles. The molecule has 0 bridgehead atoms. The van der Waals surface area contributed by atoms with Gasteiger partial charge < -0.3 is 15.2 Å². The molecular weight excluding hydrogens is 274 g/mol. The van der Waals surface area contributed by atoms with Gasteiger partial charge in [-0.15, -0.1) is 11.3 Å². The van der Waals surface area contributed by atoms with Gasteiger partial charge in [-0.3, -0.25) is 0 Å². The van der Waals surface area contributed by atoms with E-state index in [0.29, 0.717) is 25.3 Å². The highest BCUT2D eigenvalue weighted by Gasteiger charge is 2.18. The fraction of sp³-hybridized carbons (Fsp3) is 0.267. The number of rotatable bonds is 6. The summed E-state index contributed by atoms with van der Waals surface area (Å²) in [4.78, 5) is 11.8. The van der Waals surface area contributed by atoms with Gasteiger partial charge in [0.1, 0.15) is 5.75 Å². The Morgan fingerprint density at radius 3 is 2.75 bits per heavy atom. The number of nitrogens with one attached hydrogen (secondary N) is 1. The first kappa shape index (κ1) is 14.6. The van der Waals surface area contributed by atoms with Crippen molar-refractivity contribution >= 4 is 17.3 Å². The molecule has 4 nitrogen and oxygen atoms in total. The fourth-order valence-corrected chi connectivity index (χ4v) is 2.64. The number of aromatic hydroxyl groups is 1. The molecule has 0 fully saturated rings. The summed E-state index contributed by atoms with van der Waals surface area (Å²) in [5.74, 6) is -0.446. The zero-order valence-corrected chi connectivity index (χ0v) is 12.1. The van der Waals surface area contributed by atoms with Crippen molar-refractivity contribution in [2.45, 2.75) is 20.0 Å². The van der Waals surface area contributed by atoms with E-state index < -0.39 is 5.97 Å². The van der Waals surface area contributed by atoms with Crippen LogP contribution in [0.25, 0.3) is 0 Å². The molecule has 2 aromatic rings. The highest BCUT2D eigenvalue weighted by molar-refractivity contribution is 7.12. The Kier molecular flexibility index (Phi) is 5.15. The number of carbonyl (C=O) groups excluding carboxylic acids is 1. The van der Waals surface area contributed by atoms with Gasteiger partial charge in [-0.25, -0.2) is 4.79 Å². The minimum Gasteiger partial charge on any atom is -0.506 e. The molecule has 2 rings (SSSR count). The molecule has 5 heteroatoms. The van der Waals surface area contributed by atoms with Crippen molar-refractivity contribution < 1.29 is 14.6 Å². The maximum atomic E-state index is 11.6. The third-order valence-corrected chi connectivity index (χ3v) is 3.78. The molecule has 1 aromatic heterocycles. The summed E-state index contributed by atoms with van der Waals surface area (Å²) in [6, 6.07) is 10.0. The minimum absolute atomic E-state index is 0.0222. The van der Waals surface area contributed by atoms with Crippen molar-refractivity contribution in [2.24, 2.45) is 0 Å². The lowest BCUT2D eigenvalue weighted by Crippen LogP contribution is -2.12. The van der Waals surface area contributed by atoms with Crippen LogP contribution in [0, 0.1) is 0 Å². The molecule has 0 atom stereocenters. The Balaban J connectivity index is 1.92. The van der Waals surface area contributed by atoms with Crippen LogP contribution in [-0.4, -0.2) is 17.7 Å². The summed E-state index contributed by atoms with van der Waals surface area (Å²) in [5.41, 5.74) is 1.89. The Bertz CT molecular complexity index is 566. The largest absolute Gasteiger partial charge is 0.506 e. The molecule has 0 aliphatic carbocycles. The predicted octanol–water partition coefficient (Wildman–Crippen LogP) is 2.92. The van der Waals surface area contributed by atoms with E-state index in [9.17, 15) is 9.90 Å². The summed E-state index contributed by atoms with van der Waals surface area (Å²) >= 11 is 1.21. The zero-order chi connectivity index (χ0) is 14.4. The maximum Gasteiger partial charge on any atom is 0.352 e. The summed E-state index contributed by atoms with van der Waals surface area (Å²) in [5, 5.41) is 15.0. The normalized spacial score (nSPS) is 10.4. The van der Waals surface area contributed by atoms with Gasteiger partial charge in [-0.2, -0.15) is 0 Å². The maximum absolute atomic E-state index is 11.6. The van der Waals surface area contributed by atoms with Gasteiger partial charge in [0.2, 0.25) is 0 Å². The van der Waals surface area contributed by atoms with Crippen molar-refractivity contribution in [3.05, 3.63) is 51.7 Å². The van der Waals surface area contributed by atoms with Crippen LogP contribution in [0.5, 0.6) is 5.75 Å². The monoisotopic (exact) mass is 291 g/mol. The SMILES string of the molecule is CCOC(=O)c1scc(CNCc2ccccc2)c1O. The van der Waals surface area contributed by atoms with Crippen LogP contribution in [0.3, 0.4) is 0 Å². The van der Waals surface area contributed by atoms with E-state index in [1.165, 1.54) is 16.9 Å². The molecule has 0 aliphatic heterocycles. The van der Waals surface area contributed by atoms with Crippen LogP contribution in [0.4, 0.5) is 0 Å². The second kappa shape index (κ2) is 7.07. The molecule has 106 valence electrons. The number of thiophene rings is 1. The van der Waals surface area contributed by atoms with E-state index in [1.807, 2.05) is 30.3 Å². The number of hydrogen-bond donors (Lipinski definition) is 2. The molecule has 0 spiro atoms. The van der Waals surface area contributed by atoms with Gasteiger partial charge in [-0.1, -0.05) is 30.3 Å². The molecule has 0 unspecified atom stereocenters.